The van der Waals surface area contributed by atoms with Crippen LogP contribution >= 0.6 is 11.8 Å². The van der Waals surface area contributed by atoms with Crippen molar-refractivity contribution < 1.29 is 4.74 Å². The molecule has 0 amide bonds. The predicted octanol–water partition coefficient (Wildman–Crippen LogP) is 6.12. The lowest BCUT2D eigenvalue weighted by Crippen LogP contribution is -2.22. The highest BCUT2D eigenvalue weighted by molar-refractivity contribution is 7.99. The lowest BCUT2D eigenvalue weighted by molar-refractivity contribution is 0.289. The van der Waals surface area contributed by atoms with E-state index in [-0.39, 0.29) is 0 Å². The van der Waals surface area contributed by atoms with Crippen LogP contribution < -0.4 is 4.74 Å². The van der Waals surface area contributed by atoms with E-state index in [1.165, 1.54) is 28.7 Å². The average molecular weight is 424 g/mol. The van der Waals surface area contributed by atoms with Crippen LogP contribution in [0.5, 0.6) is 5.75 Å². The summed E-state index contributed by atoms with van der Waals surface area (Å²) in [5.74, 6) is 1.99. The fraction of sp³-hybridized carbons (Fsp3) is 0.440. The van der Waals surface area contributed by atoms with E-state index in [4.69, 9.17) is 4.74 Å². The summed E-state index contributed by atoms with van der Waals surface area (Å²) >= 11 is 1.93. The summed E-state index contributed by atoms with van der Waals surface area (Å²) in [6, 6.07) is 12.7. The van der Waals surface area contributed by atoms with Crippen LogP contribution in [0.1, 0.15) is 44.4 Å². The van der Waals surface area contributed by atoms with Gasteiger partial charge in [-0.2, -0.15) is 0 Å². The summed E-state index contributed by atoms with van der Waals surface area (Å²) in [6.45, 7) is 10.2. The second kappa shape index (κ2) is 11.9. The molecular weight excluding hydrogens is 390 g/mol. The molecule has 0 aliphatic heterocycles. The van der Waals surface area contributed by atoms with Crippen molar-refractivity contribution in [2.45, 2.75) is 51.5 Å². The SMILES string of the molecule is CCN(CC)Cc1ccc(OCCCCCSc2ccnc3cc(C)ccc23)cn1. The zero-order valence-electron chi connectivity index (χ0n) is 18.4. The van der Waals surface area contributed by atoms with Gasteiger partial charge in [0.2, 0.25) is 0 Å². The minimum Gasteiger partial charge on any atom is -0.492 e. The Morgan fingerprint density at radius 2 is 1.83 bits per heavy atom. The van der Waals surface area contributed by atoms with Gasteiger partial charge in [0, 0.05) is 23.0 Å². The highest BCUT2D eigenvalue weighted by Gasteiger charge is 2.04. The Morgan fingerprint density at radius 3 is 2.60 bits per heavy atom. The molecule has 30 heavy (non-hydrogen) atoms. The van der Waals surface area contributed by atoms with Gasteiger partial charge in [0.25, 0.3) is 0 Å². The first-order valence-corrected chi connectivity index (χ1v) is 12.0. The highest BCUT2D eigenvalue weighted by Crippen LogP contribution is 2.28. The van der Waals surface area contributed by atoms with Crippen molar-refractivity contribution in [2.75, 3.05) is 25.4 Å². The van der Waals surface area contributed by atoms with Crippen LogP contribution in [0.25, 0.3) is 10.9 Å². The van der Waals surface area contributed by atoms with Crippen LogP contribution in [-0.2, 0) is 6.54 Å². The number of fused-ring (bicyclic) bond motifs is 1. The molecule has 0 saturated heterocycles. The Bertz CT molecular complexity index is 910. The van der Waals surface area contributed by atoms with Gasteiger partial charge in [0.1, 0.15) is 5.75 Å². The first kappa shape index (κ1) is 22.6. The molecule has 0 aliphatic carbocycles. The van der Waals surface area contributed by atoms with Crippen molar-refractivity contribution in [2.24, 2.45) is 0 Å². The number of rotatable bonds is 12. The predicted molar refractivity (Wildman–Crippen MR) is 127 cm³/mol. The maximum absolute atomic E-state index is 5.86. The number of pyridine rings is 2. The number of aryl methyl sites for hydroxylation is 1. The van der Waals surface area contributed by atoms with Gasteiger partial charge in [-0.25, -0.2) is 0 Å². The third-order valence-corrected chi connectivity index (χ3v) is 6.41. The van der Waals surface area contributed by atoms with Gasteiger partial charge in [-0.3, -0.25) is 14.9 Å². The first-order chi connectivity index (χ1) is 14.7. The minimum absolute atomic E-state index is 0.749. The summed E-state index contributed by atoms with van der Waals surface area (Å²) in [7, 11) is 0. The third-order valence-electron chi connectivity index (χ3n) is 5.25. The maximum atomic E-state index is 5.86. The number of thioether (sulfide) groups is 1. The van der Waals surface area contributed by atoms with E-state index in [2.05, 4.69) is 66.0 Å². The van der Waals surface area contributed by atoms with E-state index in [0.29, 0.717) is 0 Å². The molecule has 0 spiro atoms. The van der Waals surface area contributed by atoms with Gasteiger partial charge in [-0.1, -0.05) is 26.0 Å². The Labute approximate surface area is 185 Å². The molecule has 3 rings (SSSR count). The van der Waals surface area contributed by atoms with E-state index < -0.39 is 0 Å². The molecule has 2 aromatic heterocycles. The molecule has 0 N–H and O–H groups in total. The number of nitrogens with zero attached hydrogens (tertiary/aromatic N) is 3. The zero-order chi connectivity index (χ0) is 21.2. The molecule has 3 aromatic rings. The van der Waals surface area contributed by atoms with Gasteiger partial charge in [0.05, 0.1) is 24.0 Å². The van der Waals surface area contributed by atoms with Crippen LogP contribution in [0, 0.1) is 6.92 Å². The summed E-state index contributed by atoms with van der Waals surface area (Å²) in [5, 5.41) is 1.26. The number of hydrogen-bond donors (Lipinski definition) is 0. The summed E-state index contributed by atoms with van der Waals surface area (Å²) < 4.78 is 5.86. The Kier molecular flexibility index (Phi) is 8.97. The van der Waals surface area contributed by atoms with Crippen molar-refractivity contribution in [3.8, 4) is 5.75 Å². The lowest BCUT2D eigenvalue weighted by atomic mass is 10.1. The van der Waals surface area contributed by atoms with Crippen molar-refractivity contribution in [3.63, 3.8) is 0 Å². The number of aromatic nitrogens is 2. The van der Waals surface area contributed by atoms with Crippen molar-refractivity contribution in [3.05, 3.63) is 60.0 Å². The molecule has 0 aliphatic rings. The molecule has 0 fully saturated rings. The van der Waals surface area contributed by atoms with Crippen LogP contribution in [0.2, 0.25) is 0 Å². The number of benzene rings is 1. The van der Waals surface area contributed by atoms with Gasteiger partial charge in [-0.15, -0.1) is 11.8 Å². The van der Waals surface area contributed by atoms with E-state index in [9.17, 15) is 0 Å². The second-order valence-corrected chi connectivity index (χ2v) is 8.67. The van der Waals surface area contributed by atoms with Crippen molar-refractivity contribution in [1.29, 1.82) is 0 Å². The molecule has 5 heteroatoms. The molecular formula is C25H33N3OS. The van der Waals surface area contributed by atoms with Crippen molar-refractivity contribution >= 4 is 22.7 Å². The van der Waals surface area contributed by atoms with Crippen LogP contribution in [0.4, 0.5) is 0 Å². The molecule has 2 heterocycles. The van der Waals surface area contributed by atoms with E-state index >= 15 is 0 Å². The molecule has 0 saturated carbocycles. The van der Waals surface area contributed by atoms with Gasteiger partial charge >= 0.3 is 0 Å². The topological polar surface area (TPSA) is 38.2 Å². The monoisotopic (exact) mass is 423 g/mol. The Balaban J connectivity index is 1.33. The number of hydrogen-bond acceptors (Lipinski definition) is 5. The maximum Gasteiger partial charge on any atom is 0.137 e. The molecule has 4 nitrogen and oxygen atoms in total. The van der Waals surface area contributed by atoms with E-state index in [0.717, 1.165) is 55.4 Å². The highest BCUT2D eigenvalue weighted by atomic mass is 32.2. The standard InChI is InChI=1S/C25H33N3OS/c1-4-28(5-2)19-21-10-11-22(18-27-21)29-15-7-6-8-16-30-25-13-14-26-24-17-20(3)9-12-23(24)25/h9-14,17-18H,4-8,15-16,19H2,1-3H3. The smallest absolute Gasteiger partial charge is 0.137 e. The average Bonchev–Trinajstić information content (AvgIpc) is 2.77. The fourth-order valence-corrected chi connectivity index (χ4v) is 4.43. The molecule has 0 radical (unpaired) electrons. The largest absolute Gasteiger partial charge is 0.492 e. The van der Waals surface area contributed by atoms with Gasteiger partial charge in [0.15, 0.2) is 0 Å². The van der Waals surface area contributed by atoms with Crippen molar-refractivity contribution in [1.82, 2.24) is 14.9 Å². The molecule has 0 bridgehead atoms. The number of unbranched alkanes of at least 4 members (excludes halogenated alkanes) is 2. The minimum atomic E-state index is 0.749. The summed E-state index contributed by atoms with van der Waals surface area (Å²) in [4.78, 5) is 12.7. The quantitative estimate of drug-likeness (QED) is 0.259. The molecule has 160 valence electrons. The van der Waals surface area contributed by atoms with E-state index in [1.54, 1.807) is 0 Å². The summed E-state index contributed by atoms with van der Waals surface area (Å²) in [6.07, 6.45) is 7.19. The Morgan fingerprint density at radius 1 is 0.967 bits per heavy atom. The Hall–Kier alpha value is -2.11. The van der Waals surface area contributed by atoms with Crippen LogP contribution in [0.15, 0.2) is 53.7 Å². The van der Waals surface area contributed by atoms with E-state index in [1.807, 2.05) is 30.2 Å². The molecule has 0 atom stereocenters. The van der Waals surface area contributed by atoms with Gasteiger partial charge in [-0.05, 0) is 74.9 Å². The number of ether oxygens (including phenoxy) is 1. The fourth-order valence-electron chi connectivity index (χ4n) is 3.38. The lowest BCUT2D eigenvalue weighted by Gasteiger charge is -2.17. The normalized spacial score (nSPS) is 11.3. The van der Waals surface area contributed by atoms with Crippen LogP contribution in [-0.4, -0.2) is 40.3 Å². The third kappa shape index (κ3) is 6.71. The second-order valence-electron chi connectivity index (χ2n) is 7.53. The van der Waals surface area contributed by atoms with Gasteiger partial charge < -0.3 is 4.74 Å². The van der Waals surface area contributed by atoms with Crippen LogP contribution in [0.3, 0.4) is 0 Å². The first-order valence-electron chi connectivity index (χ1n) is 11.0. The summed E-state index contributed by atoms with van der Waals surface area (Å²) in [5.41, 5.74) is 3.44. The zero-order valence-corrected chi connectivity index (χ0v) is 19.3. The molecule has 1 aromatic carbocycles. The molecule has 0 unspecified atom stereocenters.